The third-order valence-electron chi connectivity index (χ3n) is 1.74. The van der Waals surface area contributed by atoms with Gasteiger partial charge in [0.15, 0.2) is 0 Å². The van der Waals surface area contributed by atoms with Gasteiger partial charge in [-0.2, -0.15) is 0 Å². The fourth-order valence-corrected chi connectivity index (χ4v) is 1.16. The number of aromatic hydroxyl groups is 1. The van der Waals surface area contributed by atoms with Gasteiger partial charge >= 0.3 is 0 Å². The van der Waals surface area contributed by atoms with E-state index in [1.807, 2.05) is 6.07 Å². The molecule has 1 aromatic carbocycles. The van der Waals surface area contributed by atoms with Crippen LogP contribution in [0.2, 0.25) is 0 Å². The molecule has 0 amide bonds. The number of nitrogens with one attached hydrogen (secondary N) is 1. The molecule has 0 unspecified atom stereocenters. The third kappa shape index (κ3) is 1.54. The highest BCUT2D eigenvalue weighted by Crippen LogP contribution is 2.19. The second kappa shape index (κ2) is 3.31. The molecule has 0 saturated heterocycles. The van der Waals surface area contributed by atoms with Gasteiger partial charge in [-0.3, -0.25) is 4.79 Å². The van der Waals surface area contributed by atoms with Crippen molar-refractivity contribution in [3.8, 4) is 5.75 Å². The van der Waals surface area contributed by atoms with Gasteiger partial charge in [-0.25, -0.2) is 0 Å². The van der Waals surface area contributed by atoms with Gasteiger partial charge in [0.1, 0.15) is 5.75 Å². The number of phenolic OH excluding ortho intramolecular Hbond substituents is 1. The topological polar surface area (TPSA) is 53.1 Å². The van der Waals surface area contributed by atoms with Crippen molar-refractivity contribution in [2.45, 2.75) is 7.43 Å². The summed E-state index contributed by atoms with van der Waals surface area (Å²) >= 11 is 0. The van der Waals surface area contributed by atoms with Crippen molar-refractivity contribution in [1.82, 2.24) is 4.98 Å². The zero-order valence-corrected chi connectivity index (χ0v) is 6.24. The zero-order valence-electron chi connectivity index (χ0n) is 6.24. The SMILES string of the molecule is C.O=c1ccc2cccc(O)c2[nH]1. The Labute approximate surface area is 75.7 Å². The first-order valence-corrected chi connectivity index (χ1v) is 3.58. The number of hydrogen-bond donors (Lipinski definition) is 2. The fraction of sp³-hybridized carbons (Fsp3) is 0.100. The minimum Gasteiger partial charge on any atom is -0.506 e. The summed E-state index contributed by atoms with van der Waals surface area (Å²) in [7, 11) is 0. The molecule has 0 fully saturated rings. The Hall–Kier alpha value is -1.77. The Morgan fingerprint density at radius 2 is 1.92 bits per heavy atom. The van der Waals surface area contributed by atoms with Crippen LogP contribution in [0.5, 0.6) is 5.75 Å². The smallest absolute Gasteiger partial charge is 0.248 e. The molecule has 0 aliphatic heterocycles. The van der Waals surface area contributed by atoms with Crippen molar-refractivity contribution in [3.63, 3.8) is 0 Å². The average molecular weight is 177 g/mol. The molecule has 0 spiro atoms. The second-order valence-electron chi connectivity index (χ2n) is 2.56. The highest BCUT2D eigenvalue weighted by Gasteiger charge is 1.97. The van der Waals surface area contributed by atoms with E-state index in [2.05, 4.69) is 4.98 Å². The fourth-order valence-electron chi connectivity index (χ4n) is 1.16. The Balaban J connectivity index is 0.000000845. The van der Waals surface area contributed by atoms with Crippen LogP contribution in [-0.2, 0) is 0 Å². The van der Waals surface area contributed by atoms with E-state index in [1.165, 1.54) is 12.1 Å². The lowest BCUT2D eigenvalue weighted by Crippen LogP contribution is -2.01. The molecule has 13 heavy (non-hydrogen) atoms. The van der Waals surface area contributed by atoms with E-state index in [9.17, 15) is 9.90 Å². The molecule has 68 valence electrons. The van der Waals surface area contributed by atoms with Gasteiger partial charge in [-0.15, -0.1) is 0 Å². The minimum absolute atomic E-state index is 0. The van der Waals surface area contributed by atoms with Crippen LogP contribution in [0.3, 0.4) is 0 Å². The average Bonchev–Trinajstić information content (AvgIpc) is 2.07. The van der Waals surface area contributed by atoms with Crippen LogP contribution in [0.4, 0.5) is 0 Å². The summed E-state index contributed by atoms with van der Waals surface area (Å²) in [6.45, 7) is 0. The lowest BCUT2D eigenvalue weighted by Gasteiger charge is -1.97. The van der Waals surface area contributed by atoms with E-state index in [0.29, 0.717) is 5.52 Å². The maximum atomic E-state index is 10.9. The summed E-state index contributed by atoms with van der Waals surface area (Å²) in [5.41, 5.74) is 0.286. The first kappa shape index (κ1) is 9.32. The molecule has 0 radical (unpaired) electrons. The first-order valence-electron chi connectivity index (χ1n) is 3.58. The molecule has 0 atom stereocenters. The summed E-state index contributed by atoms with van der Waals surface area (Å²) in [4.78, 5) is 13.4. The molecule has 0 saturated carbocycles. The van der Waals surface area contributed by atoms with Gasteiger partial charge < -0.3 is 10.1 Å². The lowest BCUT2D eigenvalue weighted by atomic mass is 10.2. The highest BCUT2D eigenvalue weighted by molar-refractivity contribution is 5.83. The number of hydrogen-bond acceptors (Lipinski definition) is 2. The van der Waals surface area contributed by atoms with Gasteiger partial charge in [0.2, 0.25) is 5.56 Å². The van der Waals surface area contributed by atoms with E-state index in [4.69, 9.17) is 0 Å². The molecule has 0 aliphatic carbocycles. The lowest BCUT2D eigenvalue weighted by molar-refractivity contribution is 0.480. The zero-order chi connectivity index (χ0) is 8.55. The van der Waals surface area contributed by atoms with E-state index >= 15 is 0 Å². The molecule has 2 rings (SSSR count). The van der Waals surface area contributed by atoms with Crippen LogP contribution in [-0.4, -0.2) is 10.1 Å². The summed E-state index contributed by atoms with van der Waals surface area (Å²) in [6, 6.07) is 8.20. The van der Waals surface area contributed by atoms with E-state index < -0.39 is 0 Å². The van der Waals surface area contributed by atoms with Crippen molar-refractivity contribution in [2.75, 3.05) is 0 Å². The summed E-state index contributed by atoms with van der Waals surface area (Å²) in [6.07, 6.45) is 0. The van der Waals surface area contributed by atoms with Gasteiger partial charge in [0, 0.05) is 11.5 Å². The number of H-pyrrole nitrogens is 1. The molecule has 2 aromatic rings. The molecule has 0 aliphatic rings. The number of aromatic nitrogens is 1. The van der Waals surface area contributed by atoms with Gasteiger partial charge in [-0.1, -0.05) is 19.6 Å². The van der Waals surface area contributed by atoms with Crippen LogP contribution in [0.25, 0.3) is 10.9 Å². The number of pyridine rings is 1. The van der Waals surface area contributed by atoms with Crippen molar-refractivity contribution >= 4 is 10.9 Å². The number of fused-ring (bicyclic) bond motifs is 1. The Morgan fingerprint density at radius 1 is 1.15 bits per heavy atom. The van der Waals surface area contributed by atoms with E-state index in [-0.39, 0.29) is 18.7 Å². The highest BCUT2D eigenvalue weighted by atomic mass is 16.3. The Bertz CT molecular complexity index is 474. The predicted octanol–water partition coefficient (Wildman–Crippen LogP) is 1.87. The van der Waals surface area contributed by atoms with Crippen molar-refractivity contribution in [3.05, 3.63) is 40.7 Å². The maximum absolute atomic E-state index is 10.9. The third-order valence-corrected chi connectivity index (χ3v) is 1.74. The number of aromatic amines is 1. The molecular weight excluding hydrogens is 166 g/mol. The maximum Gasteiger partial charge on any atom is 0.248 e. The molecule has 3 nitrogen and oxygen atoms in total. The van der Waals surface area contributed by atoms with Crippen LogP contribution in [0.1, 0.15) is 7.43 Å². The van der Waals surface area contributed by atoms with Crippen LogP contribution < -0.4 is 5.56 Å². The van der Waals surface area contributed by atoms with Crippen LogP contribution in [0.15, 0.2) is 35.1 Å². The predicted molar refractivity (Wildman–Crippen MR) is 53.0 cm³/mol. The summed E-state index contributed by atoms with van der Waals surface area (Å²) in [5.74, 6) is 0.102. The van der Waals surface area contributed by atoms with E-state index in [0.717, 1.165) is 5.39 Å². The van der Waals surface area contributed by atoms with E-state index in [1.54, 1.807) is 12.1 Å². The van der Waals surface area contributed by atoms with Gasteiger partial charge in [0.25, 0.3) is 0 Å². The van der Waals surface area contributed by atoms with Crippen molar-refractivity contribution < 1.29 is 5.11 Å². The van der Waals surface area contributed by atoms with Crippen LogP contribution >= 0.6 is 0 Å². The molecule has 2 N–H and O–H groups in total. The Kier molecular flexibility index (Phi) is 2.37. The van der Waals surface area contributed by atoms with Crippen molar-refractivity contribution in [2.24, 2.45) is 0 Å². The summed E-state index contributed by atoms with van der Waals surface area (Å²) < 4.78 is 0. The summed E-state index contributed by atoms with van der Waals surface area (Å²) in [5, 5.41) is 10.2. The molecule has 1 aromatic heterocycles. The number of phenols is 1. The molecule has 0 bridgehead atoms. The number of para-hydroxylation sites is 1. The monoisotopic (exact) mass is 177 g/mol. The van der Waals surface area contributed by atoms with Crippen molar-refractivity contribution in [1.29, 1.82) is 0 Å². The number of rotatable bonds is 0. The van der Waals surface area contributed by atoms with Crippen LogP contribution in [0, 0.1) is 0 Å². The number of benzene rings is 1. The second-order valence-corrected chi connectivity index (χ2v) is 2.56. The van der Waals surface area contributed by atoms with Gasteiger partial charge in [-0.05, 0) is 12.1 Å². The minimum atomic E-state index is -0.205. The normalized spacial score (nSPS) is 9.54. The molecule has 3 heteroatoms. The molecule has 1 heterocycles. The van der Waals surface area contributed by atoms with Gasteiger partial charge in [0.05, 0.1) is 5.52 Å². The standard InChI is InChI=1S/C9H7NO2.CH4/c11-7-3-1-2-6-4-5-8(12)10-9(6)7;/h1-5,11H,(H,10,12);1H4. The quantitative estimate of drug-likeness (QED) is 0.645. The largest absolute Gasteiger partial charge is 0.506 e. The Morgan fingerprint density at radius 3 is 2.69 bits per heavy atom. The molecular formula is C10H11NO2. The first-order chi connectivity index (χ1) is 5.77.